The standard InChI is InChI=1S/C17H13NO/c1-2-7-16-13(5-1)14-11-12(8-9-17(14)19-16)15-6-3-4-10-18-15/h1-11,15,18H. The van der Waals surface area contributed by atoms with Gasteiger partial charge in [0.15, 0.2) is 0 Å². The first-order valence-corrected chi connectivity index (χ1v) is 6.42. The highest BCUT2D eigenvalue weighted by Gasteiger charge is 2.11. The molecule has 0 saturated heterocycles. The van der Waals surface area contributed by atoms with Gasteiger partial charge >= 0.3 is 0 Å². The van der Waals surface area contributed by atoms with Gasteiger partial charge in [-0.1, -0.05) is 36.4 Å². The van der Waals surface area contributed by atoms with Crippen molar-refractivity contribution in [1.82, 2.24) is 5.32 Å². The summed E-state index contributed by atoms with van der Waals surface area (Å²) in [5.41, 5.74) is 3.14. The van der Waals surface area contributed by atoms with E-state index in [4.69, 9.17) is 4.42 Å². The van der Waals surface area contributed by atoms with Gasteiger partial charge in [0.2, 0.25) is 0 Å². The Balaban J connectivity index is 1.92. The molecule has 0 fully saturated rings. The number of furan rings is 1. The first kappa shape index (κ1) is 10.4. The van der Waals surface area contributed by atoms with Crippen molar-refractivity contribution >= 4 is 21.9 Å². The molecule has 2 heterocycles. The number of allylic oxidation sites excluding steroid dienone is 2. The van der Waals surface area contributed by atoms with Gasteiger partial charge in [0.05, 0.1) is 6.04 Å². The monoisotopic (exact) mass is 247 g/mol. The smallest absolute Gasteiger partial charge is 0.135 e. The van der Waals surface area contributed by atoms with Crippen LogP contribution in [-0.2, 0) is 0 Å². The summed E-state index contributed by atoms with van der Waals surface area (Å²) in [6, 6.07) is 14.8. The maximum Gasteiger partial charge on any atom is 0.135 e. The Bertz CT molecular complexity index is 810. The molecule has 0 radical (unpaired) electrons. The van der Waals surface area contributed by atoms with Gasteiger partial charge in [0, 0.05) is 10.8 Å². The number of para-hydroxylation sites is 1. The van der Waals surface area contributed by atoms with Crippen LogP contribution in [0.2, 0.25) is 0 Å². The molecular formula is C17H13NO. The first-order chi connectivity index (χ1) is 9.42. The normalized spacial score (nSPS) is 18.0. The lowest BCUT2D eigenvalue weighted by Crippen LogP contribution is -2.14. The highest BCUT2D eigenvalue weighted by Crippen LogP contribution is 2.31. The number of rotatable bonds is 1. The van der Waals surface area contributed by atoms with E-state index in [2.05, 4.69) is 41.7 Å². The average Bonchev–Trinajstić information content (AvgIpc) is 2.86. The zero-order valence-corrected chi connectivity index (χ0v) is 10.3. The Morgan fingerprint density at radius 3 is 2.68 bits per heavy atom. The third-order valence-electron chi connectivity index (χ3n) is 3.55. The molecule has 2 heteroatoms. The highest BCUT2D eigenvalue weighted by atomic mass is 16.3. The van der Waals surface area contributed by atoms with Crippen LogP contribution in [0.25, 0.3) is 21.9 Å². The van der Waals surface area contributed by atoms with E-state index >= 15 is 0 Å². The minimum Gasteiger partial charge on any atom is -0.456 e. The molecule has 0 spiro atoms. The number of nitrogens with one attached hydrogen (secondary N) is 1. The Labute approximate surface area is 111 Å². The van der Waals surface area contributed by atoms with Gasteiger partial charge in [-0.2, -0.15) is 0 Å². The number of hydrogen-bond acceptors (Lipinski definition) is 2. The molecule has 0 amide bonds. The Morgan fingerprint density at radius 2 is 1.79 bits per heavy atom. The summed E-state index contributed by atoms with van der Waals surface area (Å²) in [7, 11) is 0. The van der Waals surface area contributed by atoms with Crippen molar-refractivity contribution in [2.75, 3.05) is 0 Å². The van der Waals surface area contributed by atoms with E-state index in [9.17, 15) is 0 Å². The van der Waals surface area contributed by atoms with Crippen molar-refractivity contribution in [3.8, 4) is 0 Å². The van der Waals surface area contributed by atoms with Crippen LogP contribution in [0.4, 0.5) is 0 Å². The zero-order chi connectivity index (χ0) is 12.7. The fourth-order valence-corrected chi connectivity index (χ4v) is 2.59. The van der Waals surface area contributed by atoms with Crippen LogP contribution < -0.4 is 5.32 Å². The van der Waals surface area contributed by atoms with Gasteiger partial charge in [0.1, 0.15) is 11.2 Å². The molecule has 0 saturated carbocycles. The van der Waals surface area contributed by atoms with E-state index in [1.807, 2.05) is 30.5 Å². The average molecular weight is 247 g/mol. The van der Waals surface area contributed by atoms with Crippen LogP contribution in [0.5, 0.6) is 0 Å². The molecule has 1 aliphatic heterocycles. The fourth-order valence-electron chi connectivity index (χ4n) is 2.59. The van der Waals surface area contributed by atoms with Crippen LogP contribution in [-0.4, -0.2) is 0 Å². The largest absolute Gasteiger partial charge is 0.456 e. The van der Waals surface area contributed by atoms with Gasteiger partial charge in [-0.05, 0) is 36.0 Å². The molecule has 0 aliphatic carbocycles. The molecule has 2 nitrogen and oxygen atoms in total. The molecule has 1 aromatic heterocycles. The zero-order valence-electron chi connectivity index (χ0n) is 10.3. The molecule has 3 aromatic rings. The lowest BCUT2D eigenvalue weighted by molar-refractivity contribution is 0.668. The van der Waals surface area contributed by atoms with E-state index in [0.29, 0.717) is 0 Å². The summed E-state index contributed by atoms with van der Waals surface area (Å²) in [6.45, 7) is 0. The third-order valence-corrected chi connectivity index (χ3v) is 3.55. The molecule has 19 heavy (non-hydrogen) atoms. The van der Waals surface area contributed by atoms with E-state index in [0.717, 1.165) is 11.2 Å². The predicted octanol–water partition coefficient (Wildman–Crippen LogP) is 4.30. The van der Waals surface area contributed by atoms with Gasteiger partial charge in [-0.25, -0.2) is 0 Å². The maximum atomic E-state index is 5.84. The number of fused-ring (bicyclic) bond motifs is 3. The second-order valence-corrected chi connectivity index (χ2v) is 4.74. The van der Waals surface area contributed by atoms with Crippen molar-refractivity contribution in [3.05, 3.63) is 72.5 Å². The van der Waals surface area contributed by atoms with Crippen LogP contribution in [0.3, 0.4) is 0 Å². The van der Waals surface area contributed by atoms with Crippen LogP contribution in [0.15, 0.2) is 71.3 Å². The van der Waals surface area contributed by atoms with Crippen molar-refractivity contribution in [2.45, 2.75) is 6.04 Å². The molecule has 1 aliphatic rings. The summed E-state index contributed by atoms with van der Waals surface area (Å²) in [5, 5.41) is 5.70. The number of benzene rings is 2. The van der Waals surface area contributed by atoms with Crippen LogP contribution in [0.1, 0.15) is 11.6 Å². The Hall–Kier alpha value is -2.48. The van der Waals surface area contributed by atoms with E-state index in [-0.39, 0.29) is 6.04 Å². The van der Waals surface area contributed by atoms with Crippen molar-refractivity contribution in [1.29, 1.82) is 0 Å². The molecule has 92 valence electrons. The first-order valence-electron chi connectivity index (χ1n) is 6.42. The number of hydrogen-bond donors (Lipinski definition) is 1. The van der Waals surface area contributed by atoms with Crippen LogP contribution in [0, 0.1) is 0 Å². The summed E-state index contributed by atoms with van der Waals surface area (Å²) < 4.78 is 5.84. The molecule has 0 bridgehead atoms. The molecule has 1 N–H and O–H groups in total. The Kier molecular flexibility index (Phi) is 2.21. The predicted molar refractivity (Wildman–Crippen MR) is 77.9 cm³/mol. The van der Waals surface area contributed by atoms with Crippen molar-refractivity contribution < 1.29 is 4.42 Å². The van der Waals surface area contributed by atoms with E-state index in [1.165, 1.54) is 16.3 Å². The van der Waals surface area contributed by atoms with E-state index in [1.54, 1.807) is 0 Å². The molecular weight excluding hydrogens is 234 g/mol. The summed E-state index contributed by atoms with van der Waals surface area (Å²) in [4.78, 5) is 0. The molecule has 2 aromatic carbocycles. The van der Waals surface area contributed by atoms with Crippen molar-refractivity contribution in [3.63, 3.8) is 0 Å². The lowest BCUT2D eigenvalue weighted by atomic mass is 10.0. The third kappa shape index (κ3) is 1.65. The van der Waals surface area contributed by atoms with Crippen LogP contribution >= 0.6 is 0 Å². The SMILES string of the molecule is C1=CNC(c2ccc3oc4ccccc4c3c2)C=C1. The molecule has 4 rings (SSSR count). The Morgan fingerprint density at radius 1 is 0.895 bits per heavy atom. The minimum absolute atomic E-state index is 0.239. The van der Waals surface area contributed by atoms with Gasteiger partial charge < -0.3 is 9.73 Å². The number of dihydropyridines is 1. The minimum atomic E-state index is 0.239. The summed E-state index contributed by atoms with van der Waals surface area (Å²) >= 11 is 0. The summed E-state index contributed by atoms with van der Waals surface area (Å²) in [6.07, 6.45) is 8.20. The molecule has 1 atom stereocenters. The highest BCUT2D eigenvalue weighted by molar-refractivity contribution is 6.05. The second-order valence-electron chi connectivity index (χ2n) is 4.74. The van der Waals surface area contributed by atoms with E-state index < -0.39 is 0 Å². The second kappa shape index (κ2) is 4.02. The maximum absolute atomic E-state index is 5.84. The summed E-state index contributed by atoms with van der Waals surface area (Å²) in [5.74, 6) is 0. The topological polar surface area (TPSA) is 25.2 Å². The van der Waals surface area contributed by atoms with Gasteiger partial charge in [-0.15, -0.1) is 0 Å². The van der Waals surface area contributed by atoms with Crippen molar-refractivity contribution in [2.24, 2.45) is 0 Å². The molecule has 1 unspecified atom stereocenters. The fraction of sp³-hybridized carbons (Fsp3) is 0.0588. The van der Waals surface area contributed by atoms with Gasteiger partial charge in [0.25, 0.3) is 0 Å². The quantitative estimate of drug-likeness (QED) is 0.693. The van der Waals surface area contributed by atoms with Gasteiger partial charge in [-0.3, -0.25) is 0 Å². The lowest BCUT2D eigenvalue weighted by Gasteiger charge is -2.15.